The van der Waals surface area contributed by atoms with Crippen molar-refractivity contribution in [2.75, 3.05) is 13.1 Å². The van der Waals surface area contributed by atoms with E-state index in [1.165, 1.54) is 4.90 Å². The Labute approximate surface area is 204 Å². The fraction of sp³-hybridized carbons (Fsp3) is 0.714. The Morgan fingerprint density at radius 2 is 1.80 bits per heavy atom. The van der Waals surface area contributed by atoms with Crippen LogP contribution in [0.25, 0.3) is 0 Å². The molecule has 5 unspecified atom stereocenters. The van der Waals surface area contributed by atoms with Gasteiger partial charge in [0.15, 0.2) is 5.96 Å². The van der Waals surface area contributed by atoms with Gasteiger partial charge in [0.05, 0.1) is 12.5 Å². The highest BCUT2D eigenvalue weighted by Gasteiger charge is 2.39. The summed E-state index contributed by atoms with van der Waals surface area (Å²) >= 11 is 0. The third-order valence-corrected chi connectivity index (χ3v) is 5.93. The zero-order valence-electron chi connectivity index (χ0n) is 20.2. The summed E-state index contributed by atoms with van der Waals surface area (Å²) in [6.07, 6.45) is 1.49. The lowest BCUT2D eigenvalue weighted by molar-refractivity contribution is -0.146. The van der Waals surface area contributed by atoms with Crippen LogP contribution in [0.2, 0.25) is 0 Å². The normalized spacial score (nSPS) is 18.6. The first-order valence-corrected chi connectivity index (χ1v) is 11.6. The Morgan fingerprint density at radius 1 is 1.14 bits per heavy atom. The molecule has 1 aliphatic rings. The zero-order valence-corrected chi connectivity index (χ0v) is 20.2. The van der Waals surface area contributed by atoms with Crippen LogP contribution in [-0.4, -0.2) is 82.8 Å². The molecule has 0 spiro atoms. The number of guanidine groups is 1. The van der Waals surface area contributed by atoms with Crippen molar-refractivity contribution in [2.24, 2.45) is 33.8 Å². The van der Waals surface area contributed by atoms with Crippen molar-refractivity contribution in [1.82, 2.24) is 15.5 Å². The minimum Gasteiger partial charge on any atom is -0.480 e. The third kappa shape index (κ3) is 9.39. The largest absolute Gasteiger partial charge is 0.480 e. The Bertz CT molecular complexity index is 816. The summed E-state index contributed by atoms with van der Waals surface area (Å²) in [6.45, 7) is 3.99. The lowest BCUT2D eigenvalue weighted by atomic mass is 9.98. The van der Waals surface area contributed by atoms with Crippen molar-refractivity contribution in [3.8, 4) is 0 Å². The van der Waals surface area contributed by atoms with E-state index in [1.807, 2.05) is 6.92 Å². The number of nitrogens with zero attached hydrogens (tertiary/aromatic N) is 2. The topological polar surface area (TPSA) is 249 Å². The Kier molecular flexibility index (Phi) is 11.9. The lowest BCUT2D eigenvalue weighted by Gasteiger charge is -2.30. The van der Waals surface area contributed by atoms with Crippen LogP contribution < -0.4 is 33.6 Å². The maximum absolute atomic E-state index is 13.4. The molecule has 5 atom stereocenters. The Balaban J connectivity index is 3.02. The van der Waals surface area contributed by atoms with Crippen LogP contribution in [0.1, 0.15) is 52.4 Å². The number of primary amides is 1. The predicted molar refractivity (Wildman–Crippen MR) is 127 cm³/mol. The molecule has 1 saturated heterocycles. The van der Waals surface area contributed by atoms with Crippen molar-refractivity contribution in [2.45, 2.75) is 76.5 Å². The van der Waals surface area contributed by atoms with Crippen LogP contribution >= 0.6 is 0 Å². The van der Waals surface area contributed by atoms with E-state index in [0.717, 1.165) is 0 Å². The first kappa shape index (κ1) is 29.6. The summed E-state index contributed by atoms with van der Waals surface area (Å²) in [5.74, 6) is -4.19. The average molecular weight is 499 g/mol. The third-order valence-electron chi connectivity index (χ3n) is 5.93. The van der Waals surface area contributed by atoms with E-state index in [9.17, 15) is 29.1 Å². The molecule has 1 rings (SSSR count). The molecule has 35 heavy (non-hydrogen) atoms. The number of carboxylic acid groups (broad SMARTS) is 1. The SMILES string of the molecule is CCC(C)C(NC(=O)C1CCCN1C(=O)C(CCCN=C(N)N)NC(=O)C(N)CC(N)=O)C(=O)O. The second kappa shape index (κ2) is 14.1. The zero-order chi connectivity index (χ0) is 26.7. The van der Waals surface area contributed by atoms with Crippen LogP contribution in [0.15, 0.2) is 4.99 Å². The molecule has 1 fully saturated rings. The van der Waals surface area contributed by atoms with E-state index in [4.69, 9.17) is 22.9 Å². The molecule has 14 nitrogen and oxygen atoms in total. The van der Waals surface area contributed by atoms with E-state index >= 15 is 0 Å². The summed E-state index contributed by atoms with van der Waals surface area (Å²) < 4.78 is 0. The predicted octanol–water partition coefficient (Wildman–Crippen LogP) is -2.67. The summed E-state index contributed by atoms with van der Waals surface area (Å²) in [5, 5.41) is 14.6. The number of carboxylic acids is 1. The van der Waals surface area contributed by atoms with Crippen LogP contribution in [-0.2, 0) is 24.0 Å². The smallest absolute Gasteiger partial charge is 0.326 e. The minimum absolute atomic E-state index is 0.119. The molecule has 0 aliphatic carbocycles. The molecular formula is C21H38N8O6. The number of nitrogens with one attached hydrogen (secondary N) is 2. The number of aliphatic carboxylic acids is 1. The van der Waals surface area contributed by atoms with Crippen molar-refractivity contribution in [3.05, 3.63) is 0 Å². The van der Waals surface area contributed by atoms with Gasteiger partial charge in [-0.25, -0.2) is 4.79 Å². The second-order valence-corrected chi connectivity index (χ2v) is 8.69. The van der Waals surface area contributed by atoms with E-state index in [0.29, 0.717) is 25.7 Å². The van der Waals surface area contributed by atoms with Gasteiger partial charge in [0, 0.05) is 13.1 Å². The van der Waals surface area contributed by atoms with Crippen molar-refractivity contribution >= 4 is 35.6 Å². The molecule has 0 bridgehead atoms. The van der Waals surface area contributed by atoms with Crippen LogP contribution in [0.3, 0.4) is 0 Å². The van der Waals surface area contributed by atoms with E-state index in [1.54, 1.807) is 6.92 Å². The molecule has 1 heterocycles. The summed E-state index contributed by atoms with van der Waals surface area (Å²) in [4.78, 5) is 66.7. The maximum Gasteiger partial charge on any atom is 0.326 e. The number of rotatable bonds is 14. The molecule has 0 aromatic heterocycles. The minimum atomic E-state index is -1.25. The van der Waals surface area contributed by atoms with Gasteiger partial charge in [-0.15, -0.1) is 0 Å². The molecule has 0 saturated carbocycles. The molecule has 198 valence electrons. The van der Waals surface area contributed by atoms with E-state index in [2.05, 4.69) is 15.6 Å². The molecule has 14 heteroatoms. The lowest BCUT2D eigenvalue weighted by Crippen LogP contribution is -2.57. The fourth-order valence-corrected chi connectivity index (χ4v) is 3.78. The van der Waals surface area contributed by atoms with Gasteiger partial charge in [-0.2, -0.15) is 0 Å². The molecule has 1 aliphatic heterocycles. The molecule has 0 aromatic rings. The molecule has 4 amide bonds. The average Bonchev–Trinajstić information content (AvgIpc) is 3.27. The van der Waals surface area contributed by atoms with Gasteiger partial charge in [0.25, 0.3) is 0 Å². The second-order valence-electron chi connectivity index (χ2n) is 8.69. The Morgan fingerprint density at radius 3 is 2.34 bits per heavy atom. The first-order chi connectivity index (χ1) is 16.4. The van der Waals surface area contributed by atoms with Crippen molar-refractivity contribution in [1.29, 1.82) is 0 Å². The number of amides is 4. The number of hydrogen-bond acceptors (Lipinski definition) is 7. The monoisotopic (exact) mass is 498 g/mol. The van der Waals surface area contributed by atoms with Gasteiger partial charge in [-0.3, -0.25) is 24.2 Å². The van der Waals surface area contributed by atoms with Crippen molar-refractivity contribution < 1.29 is 29.1 Å². The molecule has 11 N–H and O–H groups in total. The number of nitrogens with two attached hydrogens (primary N) is 4. The highest BCUT2D eigenvalue weighted by Crippen LogP contribution is 2.21. The molecule has 0 radical (unpaired) electrons. The summed E-state index contributed by atoms with van der Waals surface area (Å²) in [6, 6.07) is -4.28. The fourth-order valence-electron chi connectivity index (χ4n) is 3.78. The maximum atomic E-state index is 13.4. The summed E-state index contributed by atoms with van der Waals surface area (Å²) in [5.41, 5.74) is 21.4. The highest BCUT2D eigenvalue weighted by atomic mass is 16.4. The van der Waals surface area contributed by atoms with Crippen LogP contribution in [0, 0.1) is 5.92 Å². The first-order valence-electron chi connectivity index (χ1n) is 11.6. The molecule has 0 aromatic carbocycles. The van der Waals surface area contributed by atoms with Crippen molar-refractivity contribution in [3.63, 3.8) is 0 Å². The van der Waals surface area contributed by atoms with Gasteiger partial charge in [-0.05, 0) is 31.6 Å². The number of carbonyl (C=O) groups excluding carboxylic acids is 4. The van der Waals surface area contributed by atoms with Gasteiger partial charge in [0.1, 0.15) is 18.1 Å². The molecular weight excluding hydrogens is 460 g/mol. The standard InChI is InChI=1S/C21H38N8O6/c1-3-11(2)16(20(34)35)28-18(32)14-7-5-9-29(14)19(33)13(6-4-8-26-21(24)25)27-17(31)12(22)10-15(23)30/h11-14,16H,3-10,22H2,1-2H3,(H2,23,30)(H,27,31)(H,28,32)(H,34,35)(H4,24,25,26). The number of hydrogen-bond donors (Lipinski definition) is 7. The number of likely N-dealkylation sites (tertiary alicyclic amines) is 1. The van der Waals surface area contributed by atoms with Crippen LogP contribution in [0.5, 0.6) is 0 Å². The number of aliphatic imine (C=N–C) groups is 1. The van der Waals surface area contributed by atoms with Gasteiger partial charge < -0.3 is 43.6 Å². The Hall–Kier alpha value is -3.42. The summed E-state index contributed by atoms with van der Waals surface area (Å²) in [7, 11) is 0. The number of carbonyl (C=O) groups is 5. The van der Waals surface area contributed by atoms with Crippen LogP contribution in [0.4, 0.5) is 0 Å². The van der Waals surface area contributed by atoms with E-state index < -0.39 is 60.2 Å². The van der Waals surface area contributed by atoms with Gasteiger partial charge in [0.2, 0.25) is 23.6 Å². The quantitative estimate of drug-likeness (QED) is 0.0748. The van der Waals surface area contributed by atoms with E-state index in [-0.39, 0.29) is 31.4 Å². The highest BCUT2D eigenvalue weighted by molar-refractivity contribution is 5.95. The van der Waals surface area contributed by atoms with Gasteiger partial charge >= 0.3 is 5.97 Å². The van der Waals surface area contributed by atoms with Gasteiger partial charge in [-0.1, -0.05) is 20.3 Å².